The summed E-state index contributed by atoms with van der Waals surface area (Å²) in [6.45, 7) is 0.554. The Hall–Kier alpha value is -2.40. The molecule has 0 spiro atoms. The lowest BCUT2D eigenvalue weighted by Crippen LogP contribution is -2.30. The lowest BCUT2D eigenvalue weighted by molar-refractivity contribution is 0.221. The van der Waals surface area contributed by atoms with Gasteiger partial charge in [-0.1, -0.05) is 42.5 Å². The number of rotatable bonds is 3. The first-order valence-electron chi connectivity index (χ1n) is 6.62. The number of nitrogens with zero attached hydrogens (tertiary/aromatic N) is 2. The summed E-state index contributed by atoms with van der Waals surface area (Å²) < 4.78 is 0. The fourth-order valence-corrected chi connectivity index (χ4v) is 2.75. The molecule has 0 saturated carbocycles. The van der Waals surface area contributed by atoms with E-state index in [9.17, 15) is 4.79 Å². The molecule has 0 radical (unpaired) electrons. The van der Waals surface area contributed by atoms with Gasteiger partial charge < -0.3 is 4.90 Å². The quantitative estimate of drug-likeness (QED) is 0.795. The molecule has 0 bridgehead atoms. The monoisotopic (exact) mass is 297 g/mol. The number of nitrogens with one attached hydrogen (secondary N) is 1. The first kappa shape index (κ1) is 13.6. The Morgan fingerprint density at radius 2 is 2.05 bits per heavy atom. The van der Waals surface area contributed by atoms with Gasteiger partial charge in [0, 0.05) is 25.2 Å². The number of hydrogen-bond acceptors (Lipinski definition) is 3. The van der Waals surface area contributed by atoms with Crippen LogP contribution >= 0.6 is 11.3 Å². The normalized spacial score (nSPS) is 10.5. The summed E-state index contributed by atoms with van der Waals surface area (Å²) in [6.07, 6.45) is 1.67. The summed E-state index contributed by atoms with van der Waals surface area (Å²) in [4.78, 5) is 17.8. The highest BCUT2D eigenvalue weighted by molar-refractivity contribution is 7.13. The van der Waals surface area contributed by atoms with E-state index in [4.69, 9.17) is 0 Å². The third kappa shape index (κ3) is 3.03. The second kappa shape index (κ2) is 5.93. The van der Waals surface area contributed by atoms with Gasteiger partial charge in [0.2, 0.25) is 0 Å². The smallest absolute Gasteiger partial charge is 0.323 e. The van der Waals surface area contributed by atoms with Crippen molar-refractivity contribution < 1.29 is 4.79 Å². The van der Waals surface area contributed by atoms with Gasteiger partial charge in [-0.3, -0.25) is 5.32 Å². The molecule has 0 atom stereocenters. The Kier molecular flexibility index (Phi) is 3.83. The van der Waals surface area contributed by atoms with Gasteiger partial charge in [0.05, 0.1) is 0 Å². The Morgan fingerprint density at radius 3 is 2.86 bits per heavy atom. The van der Waals surface area contributed by atoms with Crippen molar-refractivity contribution in [2.75, 3.05) is 12.4 Å². The Balaban J connectivity index is 1.77. The van der Waals surface area contributed by atoms with Gasteiger partial charge in [0.15, 0.2) is 5.13 Å². The molecule has 3 aromatic rings. The van der Waals surface area contributed by atoms with Crippen LogP contribution in [0.25, 0.3) is 10.8 Å². The highest BCUT2D eigenvalue weighted by Gasteiger charge is 2.11. The van der Waals surface area contributed by atoms with E-state index in [1.807, 2.05) is 23.6 Å². The second-order valence-electron chi connectivity index (χ2n) is 4.76. The van der Waals surface area contributed by atoms with Gasteiger partial charge in [-0.05, 0) is 16.3 Å². The van der Waals surface area contributed by atoms with E-state index in [2.05, 4.69) is 34.6 Å². The van der Waals surface area contributed by atoms with Crippen molar-refractivity contribution in [1.82, 2.24) is 9.88 Å². The number of aromatic nitrogens is 1. The van der Waals surface area contributed by atoms with Gasteiger partial charge in [0.25, 0.3) is 0 Å². The number of carbonyl (C=O) groups is 1. The van der Waals surface area contributed by atoms with Crippen LogP contribution in [0.1, 0.15) is 5.56 Å². The standard InChI is InChI=1S/C16H15N3OS/c1-19(16(20)18-15-17-9-10-21-15)11-13-7-4-6-12-5-2-3-8-14(12)13/h2-10H,11H2,1H3,(H,17,18,20). The molecule has 5 heteroatoms. The van der Waals surface area contributed by atoms with E-state index in [0.717, 1.165) is 5.56 Å². The van der Waals surface area contributed by atoms with Crippen LogP contribution in [-0.2, 0) is 6.54 Å². The molecule has 0 saturated heterocycles. The van der Waals surface area contributed by atoms with Crippen molar-refractivity contribution in [3.05, 3.63) is 59.6 Å². The maximum absolute atomic E-state index is 12.1. The van der Waals surface area contributed by atoms with E-state index in [0.29, 0.717) is 11.7 Å². The fraction of sp³-hybridized carbons (Fsp3) is 0.125. The number of carbonyl (C=O) groups excluding carboxylic acids is 1. The third-order valence-corrected chi connectivity index (χ3v) is 3.97. The molecule has 1 N–H and O–H groups in total. The molecule has 4 nitrogen and oxygen atoms in total. The van der Waals surface area contributed by atoms with Crippen LogP contribution in [0.15, 0.2) is 54.0 Å². The zero-order chi connectivity index (χ0) is 14.7. The minimum atomic E-state index is -0.155. The average molecular weight is 297 g/mol. The minimum absolute atomic E-state index is 0.155. The molecule has 2 aromatic carbocycles. The zero-order valence-electron chi connectivity index (χ0n) is 11.6. The molecule has 2 amide bonds. The van der Waals surface area contributed by atoms with E-state index < -0.39 is 0 Å². The van der Waals surface area contributed by atoms with Crippen LogP contribution in [0.4, 0.5) is 9.93 Å². The van der Waals surface area contributed by atoms with Crippen molar-refractivity contribution in [3.63, 3.8) is 0 Å². The number of fused-ring (bicyclic) bond motifs is 1. The number of benzene rings is 2. The van der Waals surface area contributed by atoms with Gasteiger partial charge in [-0.15, -0.1) is 11.3 Å². The van der Waals surface area contributed by atoms with Crippen LogP contribution in [0, 0.1) is 0 Å². The molecule has 3 rings (SSSR count). The molecule has 1 heterocycles. The molecule has 106 valence electrons. The Bertz CT molecular complexity index is 750. The molecule has 21 heavy (non-hydrogen) atoms. The number of amides is 2. The maximum atomic E-state index is 12.1. The molecule has 0 aliphatic carbocycles. The van der Waals surface area contributed by atoms with Gasteiger partial charge in [0.1, 0.15) is 0 Å². The van der Waals surface area contributed by atoms with Crippen LogP contribution < -0.4 is 5.32 Å². The fourth-order valence-electron chi connectivity index (χ4n) is 2.23. The first-order chi connectivity index (χ1) is 10.2. The summed E-state index contributed by atoms with van der Waals surface area (Å²) in [5.74, 6) is 0. The summed E-state index contributed by atoms with van der Waals surface area (Å²) in [6, 6.07) is 14.2. The molecule has 1 aromatic heterocycles. The van der Waals surface area contributed by atoms with Crippen molar-refractivity contribution >= 4 is 33.3 Å². The van der Waals surface area contributed by atoms with Crippen molar-refractivity contribution in [1.29, 1.82) is 0 Å². The molecular formula is C16H15N3OS. The highest BCUT2D eigenvalue weighted by atomic mass is 32.1. The number of thiazole rings is 1. The predicted octanol–water partition coefficient (Wildman–Crippen LogP) is 3.96. The average Bonchev–Trinajstić information content (AvgIpc) is 3.00. The SMILES string of the molecule is CN(Cc1cccc2ccccc12)C(=O)Nc1nccs1. The second-order valence-corrected chi connectivity index (χ2v) is 5.66. The van der Waals surface area contributed by atoms with E-state index in [1.54, 1.807) is 18.1 Å². The van der Waals surface area contributed by atoms with Gasteiger partial charge in [-0.25, -0.2) is 9.78 Å². The number of urea groups is 1. The zero-order valence-corrected chi connectivity index (χ0v) is 12.4. The lowest BCUT2D eigenvalue weighted by atomic mass is 10.0. The molecule has 0 aliphatic heterocycles. The summed E-state index contributed by atoms with van der Waals surface area (Å²) in [7, 11) is 1.78. The summed E-state index contributed by atoms with van der Waals surface area (Å²) >= 11 is 1.41. The lowest BCUT2D eigenvalue weighted by Gasteiger charge is -2.18. The van der Waals surface area contributed by atoms with E-state index >= 15 is 0 Å². The van der Waals surface area contributed by atoms with Crippen molar-refractivity contribution in [2.24, 2.45) is 0 Å². The molecular weight excluding hydrogens is 282 g/mol. The van der Waals surface area contributed by atoms with Crippen LogP contribution in [-0.4, -0.2) is 23.0 Å². The van der Waals surface area contributed by atoms with Crippen molar-refractivity contribution in [2.45, 2.75) is 6.54 Å². The molecule has 0 aliphatic rings. The molecule has 0 fully saturated rings. The Labute approximate surface area is 127 Å². The van der Waals surface area contributed by atoms with Crippen LogP contribution in [0.5, 0.6) is 0 Å². The topological polar surface area (TPSA) is 45.2 Å². The highest BCUT2D eigenvalue weighted by Crippen LogP contribution is 2.20. The Morgan fingerprint density at radius 1 is 1.24 bits per heavy atom. The summed E-state index contributed by atoms with van der Waals surface area (Å²) in [5.41, 5.74) is 1.13. The van der Waals surface area contributed by atoms with Crippen LogP contribution in [0.2, 0.25) is 0 Å². The van der Waals surface area contributed by atoms with Crippen molar-refractivity contribution in [3.8, 4) is 0 Å². The minimum Gasteiger partial charge on any atom is -0.323 e. The predicted molar refractivity (Wildman–Crippen MR) is 86.5 cm³/mol. The van der Waals surface area contributed by atoms with E-state index in [-0.39, 0.29) is 6.03 Å². The largest absolute Gasteiger partial charge is 0.323 e. The van der Waals surface area contributed by atoms with Gasteiger partial charge >= 0.3 is 6.03 Å². The third-order valence-electron chi connectivity index (χ3n) is 3.28. The van der Waals surface area contributed by atoms with Crippen LogP contribution in [0.3, 0.4) is 0 Å². The summed E-state index contributed by atoms with van der Waals surface area (Å²) in [5, 5.41) is 7.59. The van der Waals surface area contributed by atoms with Gasteiger partial charge in [-0.2, -0.15) is 0 Å². The molecule has 0 unspecified atom stereocenters. The number of hydrogen-bond donors (Lipinski definition) is 1. The van der Waals surface area contributed by atoms with E-state index in [1.165, 1.54) is 22.1 Å². The number of anilines is 1. The first-order valence-corrected chi connectivity index (χ1v) is 7.50. The maximum Gasteiger partial charge on any atom is 0.323 e.